The Morgan fingerprint density at radius 1 is 0.950 bits per heavy atom. The Labute approximate surface area is 236 Å². The number of aromatic nitrogens is 1. The third-order valence-corrected chi connectivity index (χ3v) is 8.57. The number of para-hydroxylation sites is 1. The molecule has 4 rings (SSSR count). The van der Waals surface area contributed by atoms with Gasteiger partial charge in [0.25, 0.3) is 15.9 Å². The zero-order valence-electron chi connectivity index (χ0n) is 23.6. The molecule has 0 aliphatic heterocycles. The SMILES string of the molecule is COc1ccc(N(CC(=O)N/N=C\c2cc(C)n(-c3c(C)cccc3C)c2C)S(=O)(=O)c2ccc(C)cc2)cc1. The minimum atomic E-state index is -4.03. The highest BCUT2D eigenvalue weighted by atomic mass is 32.2. The summed E-state index contributed by atoms with van der Waals surface area (Å²) in [6.45, 7) is 9.60. The van der Waals surface area contributed by atoms with Gasteiger partial charge in [-0.15, -0.1) is 0 Å². The Hall–Kier alpha value is -4.37. The lowest BCUT2D eigenvalue weighted by Crippen LogP contribution is -2.39. The molecule has 8 nitrogen and oxygen atoms in total. The number of nitrogens with one attached hydrogen (secondary N) is 1. The van der Waals surface area contributed by atoms with E-state index in [9.17, 15) is 13.2 Å². The molecule has 0 spiro atoms. The molecule has 1 heterocycles. The van der Waals surface area contributed by atoms with E-state index in [1.54, 1.807) is 42.6 Å². The Morgan fingerprint density at radius 2 is 1.57 bits per heavy atom. The quantitative estimate of drug-likeness (QED) is 0.221. The van der Waals surface area contributed by atoms with Crippen molar-refractivity contribution >= 4 is 27.8 Å². The first-order valence-corrected chi connectivity index (χ1v) is 14.3. The maximum atomic E-state index is 13.6. The topological polar surface area (TPSA) is 93.0 Å². The predicted octanol–water partition coefficient (Wildman–Crippen LogP) is 5.37. The number of hydrazone groups is 1. The summed E-state index contributed by atoms with van der Waals surface area (Å²) in [6.07, 6.45) is 1.58. The van der Waals surface area contributed by atoms with E-state index >= 15 is 0 Å². The van der Waals surface area contributed by atoms with Gasteiger partial charge in [-0.1, -0.05) is 35.9 Å². The molecule has 4 aromatic rings. The first-order chi connectivity index (χ1) is 19.0. The molecule has 1 amide bonds. The summed E-state index contributed by atoms with van der Waals surface area (Å²) >= 11 is 0. The van der Waals surface area contributed by atoms with Gasteiger partial charge in [-0.25, -0.2) is 13.8 Å². The van der Waals surface area contributed by atoms with Crippen LogP contribution in [0.1, 0.15) is 33.6 Å². The lowest BCUT2D eigenvalue weighted by molar-refractivity contribution is -0.119. The molecule has 1 aromatic heterocycles. The maximum Gasteiger partial charge on any atom is 0.264 e. The van der Waals surface area contributed by atoms with Gasteiger partial charge in [0.05, 0.1) is 29.6 Å². The second-order valence-electron chi connectivity index (χ2n) is 9.72. The first kappa shape index (κ1) is 28.6. The van der Waals surface area contributed by atoms with Crippen molar-refractivity contribution in [2.75, 3.05) is 18.0 Å². The predicted molar refractivity (Wildman–Crippen MR) is 159 cm³/mol. The summed E-state index contributed by atoms with van der Waals surface area (Å²) in [4.78, 5) is 13.1. The number of sulfonamides is 1. The lowest BCUT2D eigenvalue weighted by Gasteiger charge is -2.24. The first-order valence-electron chi connectivity index (χ1n) is 12.8. The van der Waals surface area contributed by atoms with Crippen LogP contribution in [0.5, 0.6) is 5.75 Å². The van der Waals surface area contributed by atoms with Crippen LogP contribution < -0.4 is 14.5 Å². The number of nitrogens with zero attached hydrogens (tertiary/aromatic N) is 3. The number of aryl methyl sites for hydroxylation is 4. The molecule has 0 bridgehead atoms. The second-order valence-corrected chi connectivity index (χ2v) is 11.6. The molecule has 40 heavy (non-hydrogen) atoms. The minimum absolute atomic E-state index is 0.0872. The van der Waals surface area contributed by atoms with Gasteiger partial charge in [-0.05, 0) is 88.2 Å². The van der Waals surface area contributed by atoms with Gasteiger partial charge in [0, 0.05) is 17.0 Å². The van der Waals surface area contributed by atoms with Crippen molar-refractivity contribution in [1.29, 1.82) is 0 Å². The van der Waals surface area contributed by atoms with Gasteiger partial charge >= 0.3 is 0 Å². The van der Waals surface area contributed by atoms with Crippen molar-refractivity contribution < 1.29 is 17.9 Å². The molecule has 208 valence electrons. The number of methoxy groups -OCH3 is 1. The molecule has 0 saturated carbocycles. The number of hydrogen-bond donors (Lipinski definition) is 1. The number of amides is 1. The largest absolute Gasteiger partial charge is 0.497 e. The average Bonchev–Trinajstić information content (AvgIpc) is 3.20. The zero-order valence-corrected chi connectivity index (χ0v) is 24.4. The number of ether oxygens (including phenoxy) is 1. The zero-order chi connectivity index (χ0) is 29.0. The van der Waals surface area contributed by atoms with Gasteiger partial charge < -0.3 is 9.30 Å². The molecule has 0 atom stereocenters. The Balaban J connectivity index is 1.57. The highest BCUT2D eigenvalue weighted by molar-refractivity contribution is 7.92. The molecule has 1 N–H and O–H groups in total. The number of hydrogen-bond acceptors (Lipinski definition) is 5. The second kappa shape index (κ2) is 11.8. The van der Waals surface area contributed by atoms with E-state index in [4.69, 9.17) is 4.74 Å². The van der Waals surface area contributed by atoms with Crippen molar-refractivity contribution in [3.63, 3.8) is 0 Å². The summed E-state index contributed by atoms with van der Waals surface area (Å²) < 4.78 is 35.6. The summed E-state index contributed by atoms with van der Waals surface area (Å²) in [5, 5.41) is 4.16. The summed E-state index contributed by atoms with van der Waals surface area (Å²) in [7, 11) is -2.51. The van der Waals surface area contributed by atoms with Crippen LogP contribution in [0.15, 0.2) is 82.8 Å². The molecular weight excluding hydrogens is 524 g/mol. The van der Waals surface area contributed by atoms with Crippen molar-refractivity contribution in [2.24, 2.45) is 5.10 Å². The minimum Gasteiger partial charge on any atom is -0.497 e. The van der Waals surface area contributed by atoms with E-state index in [0.29, 0.717) is 11.4 Å². The number of carbonyl (C=O) groups excluding carboxylic acids is 1. The van der Waals surface area contributed by atoms with Crippen molar-refractivity contribution in [2.45, 2.75) is 39.5 Å². The third-order valence-electron chi connectivity index (χ3n) is 6.78. The molecule has 3 aromatic carbocycles. The van der Waals surface area contributed by atoms with Gasteiger partial charge in [0.15, 0.2) is 0 Å². The summed E-state index contributed by atoms with van der Waals surface area (Å²) in [6, 6.07) is 21.2. The normalized spacial score (nSPS) is 11.6. The molecule has 9 heteroatoms. The molecule has 0 aliphatic carbocycles. The van der Waals surface area contributed by atoms with Crippen LogP contribution in [0.4, 0.5) is 5.69 Å². The van der Waals surface area contributed by atoms with E-state index in [0.717, 1.165) is 43.6 Å². The molecular formula is C31H34N4O4S. The van der Waals surface area contributed by atoms with Gasteiger partial charge in [0.2, 0.25) is 0 Å². The van der Waals surface area contributed by atoms with Crippen LogP contribution >= 0.6 is 0 Å². The Bertz CT molecular complexity index is 1630. The van der Waals surface area contributed by atoms with Crippen LogP contribution in [0, 0.1) is 34.6 Å². The van der Waals surface area contributed by atoms with Crippen LogP contribution in [0.2, 0.25) is 0 Å². The molecule has 0 saturated heterocycles. The highest BCUT2D eigenvalue weighted by Gasteiger charge is 2.27. The third kappa shape index (κ3) is 5.94. The van der Waals surface area contributed by atoms with Gasteiger partial charge in [0.1, 0.15) is 12.3 Å². The lowest BCUT2D eigenvalue weighted by atomic mass is 10.1. The Morgan fingerprint density at radius 3 is 2.17 bits per heavy atom. The number of rotatable bonds is 9. The van der Waals surface area contributed by atoms with Crippen LogP contribution in [-0.4, -0.2) is 38.8 Å². The molecule has 0 aliphatic rings. The van der Waals surface area contributed by atoms with E-state index in [-0.39, 0.29) is 4.90 Å². The fourth-order valence-electron chi connectivity index (χ4n) is 4.66. The van der Waals surface area contributed by atoms with Gasteiger partial charge in [-0.3, -0.25) is 9.10 Å². The highest BCUT2D eigenvalue weighted by Crippen LogP contribution is 2.27. The fourth-order valence-corrected chi connectivity index (χ4v) is 6.08. The Kier molecular flexibility index (Phi) is 8.44. The molecule has 0 unspecified atom stereocenters. The number of carbonyl (C=O) groups is 1. The van der Waals surface area contributed by atoms with Crippen LogP contribution in [0.3, 0.4) is 0 Å². The van der Waals surface area contributed by atoms with Gasteiger partial charge in [-0.2, -0.15) is 5.10 Å². The van der Waals surface area contributed by atoms with Crippen molar-refractivity contribution in [3.8, 4) is 11.4 Å². The molecule has 0 radical (unpaired) electrons. The van der Waals surface area contributed by atoms with Crippen LogP contribution in [0.25, 0.3) is 5.69 Å². The summed E-state index contributed by atoms with van der Waals surface area (Å²) in [5.74, 6) is -0.00436. The van der Waals surface area contributed by atoms with E-state index in [1.807, 2.05) is 32.9 Å². The maximum absolute atomic E-state index is 13.6. The standard InChI is InChI=1S/C31H34N4O4S/c1-21-10-16-29(17-11-21)40(37,38)34(27-12-14-28(39-6)15-13-27)20-30(36)33-32-19-26-18-24(4)35(25(26)5)31-22(2)8-7-9-23(31)3/h7-19H,20H2,1-6H3,(H,33,36)/b32-19-. The van der Waals surface area contributed by atoms with E-state index < -0.39 is 22.5 Å². The van der Waals surface area contributed by atoms with Crippen molar-refractivity contribution in [3.05, 3.63) is 106 Å². The van der Waals surface area contributed by atoms with Crippen molar-refractivity contribution in [1.82, 2.24) is 9.99 Å². The fraction of sp³-hybridized carbons (Fsp3) is 0.226. The summed E-state index contributed by atoms with van der Waals surface area (Å²) in [5.41, 5.74) is 10.1. The van der Waals surface area contributed by atoms with Crippen LogP contribution in [-0.2, 0) is 14.8 Å². The monoisotopic (exact) mass is 558 g/mol. The number of anilines is 1. The smallest absolute Gasteiger partial charge is 0.264 e. The van der Waals surface area contributed by atoms with E-state index in [2.05, 4.69) is 41.1 Å². The number of benzene rings is 3. The van der Waals surface area contributed by atoms with E-state index in [1.165, 1.54) is 19.2 Å². The molecule has 0 fully saturated rings. The average molecular weight is 559 g/mol.